The Balaban J connectivity index is 0.00000164. The quantitative estimate of drug-likeness (QED) is 0.453. The average Bonchev–Trinajstić information content (AvgIpc) is 3.32. The molecule has 0 saturated carbocycles. The first kappa shape index (κ1) is 27.0. The van der Waals surface area contributed by atoms with Crippen LogP contribution in [0.1, 0.15) is 37.5 Å². The van der Waals surface area contributed by atoms with Gasteiger partial charge in [0, 0.05) is 23.3 Å². The van der Waals surface area contributed by atoms with Crippen LogP contribution in [-0.2, 0) is 25.3 Å². The predicted molar refractivity (Wildman–Crippen MR) is 142 cm³/mol. The van der Waals surface area contributed by atoms with Crippen LogP contribution in [0.4, 0.5) is 0 Å². The molecule has 3 aromatic rings. The lowest BCUT2D eigenvalue weighted by Gasteiger charge is -2.22. The molecule has 0 amide bonds. The minimum atomic E-state index is -1.08. The molecule has 1 atom stereocenters. The number of fused-ring (bicyclic) bond motifs is 1. The number of ether oxygens (including phenoxy) is 3. The molecule has 1 aliphatic heterocycles. The van der Waals surface area contributed by atoms with Gasteiger partial charge in [-0.2, -0.15) is 0 Å². The lowest BCUT2D eigenvalue weighted by atomic mass is 9.78. The SMILES string of the molecule is CC.COc1cc(Oc2cccc3c2CCC3Oc2ccc(B3OC(=O)CN(C)CC(=O)O3)cc2)ccn1. The van der Waals surface area contributed by atoms with Gasteiger partial charge in [0.05, 0.1) is 20.2 Å². The Kier molecular flexibility index (Phi) is 8.86. The standard InChI is InChI=1S/C26H25BN2O7.C2H6/c1-29-15-25(30)35-27(36-26(31)16-29)17-6-8-18(9-7-17)33-23-11-10-21-20(23)4-3-5-22(21)34-19-12-13-28-24(14-19)32-2;1-2/h3-9,12-14,23H,10-11,15-16H2,1-2H3;1-2H3. The molecule has 2 aliphatic rings. The highest BCUT2D eigenvalue weighted by Crippen LogP contribution is 2.41. The number of aromatic nitrogens is 1. The van der Waals surface area contributed by atoms with Crippen molar-refractivity contribution in [2.45, 2.75) is 32.8 Å². The molecule has 2 aromatic carbocycles. The minimum Gasteiger partial charge on any atom is -0.494 e. The molecule has 1 fully saturated rings. The van der Waals surface area contributed by atoms with Gasteiger partial charge in [0.1, 0.15) is 23.4 Å². The highest BCUT2D eigenvalue weighted by Gasteiger charge is 2.34. The fourth-order valence-corrected chi connectivity index (χ4v) is 4.33. The highest BCUT2D eigenvalue weighted by molar-refractivity contribution is 6.64. The van der Waals surface area contributed by atoms with Gasteiger partial charge in [-0.05, 0) is 49.7 Å². The zero-order valence-corrected chi connectivity index (χ0v) is 22.0. The molecular weight excluding hydrogens is 487 g/mol. The van der Waals surface area contributed by atoms with Gasteiger partial charge in [-0.1, -0.05) is 38.1 Å². The van der Waals surface area contributed by atoms with Crippen LogP contribution in [0, 0.1) is 0 Å². The zero-order valence-electron chi connectivity index (χ0n) is 22.0. The van der Waals surface area contributed by atoms with Crippen molar-refractivity contribution in [3.63, 3.8) is 0 Å². The van der Waals surface area contributed by atoms with Crippen molar-refractivity contribution in [2.75, 3.05) is 27.2 Å². The fraction of sp³-hybridized carbons (Fsp3) is 0.321. The number of pyridine rings is 1. The summed E-state index contributed by atoms with van der Waals surface area (Å²) in [6, 6.07) is 16.5. The molecule has 9 nitrogen and oxygen atoms in total. The monoisotopic (exact) mass is 518 g/mol. The van der Waals surface area contributed by atoms with E-state index in [1.165, 1.54) is 0 Å². The molecule has 38 heavy (non-hydrogen) atoms. The van der Waals surface area contributed by atoms with E-state index in [9.17, 15) is 9.59 Å². The number of rotatable bonds is 6. The summed E-state index contributed by atoms with van der Waals surface area (Å²) in [5.41, 5.74) is 2.74. The molecule has 1 aliphatic carbocycles. The molecule has 0 radical (unpaired) electrons. The summed E-state index contributed by atoms with van der Waals surface area (Å²) >= 11 is 0. The second-order valence-electron chi connectivity index (χ2n) is 8.66. The van der Waals surface area contributed by atoms with E-state index < -0.39 is 19.1 Å². The van der Waals surface area contributed by atoms with Crippen LogP contribution in [0.3, 0.4) is 0 Å². The largest absolute Gasteiger partial charge is 0.636 e. The Labute approximate surface area is 222 Å². The molecule has 1 saturated heterocycles. The molecule has 1 unspecified atom stereocenters. The lowest BCUT2D eigenvalue weighted by Crippen LogP contribution is -2.47. The minimum absolute atomic E-state index is 0.0221. The number of likely N-dealkylation sites (N-methyl/N-ethyl adjacent to an activating group) is 1. The molecule has 10 heteroatoms. The molecule has 0 spiro atoms. The van der Waals surface area contributed by atoms with Gasteiger partial charge < -0.3 is 23.5 Å². The smallest absolute Gasteiger partial charge is 0.494 e. The molecule has 0 N–H and O–H groups in total. The molecule has 2 heterocycles. The molecule has 1 aromatic heterocycles. The van der Waals surface area contributed by atoms with Gasteiger partial charge in [-0.3, -0.25) is 14.5 Å². The maximum atomic E-state index is 12.0. The third-order valence-electron chi connectivity index (χ3n) is 6.02. The van der Waals surface area contributed by atoms with Gasteiger partial charge >= 0.3 is 19.1 Å². The van der Waals surface area contributed by atoms with Gasteiger partial charge in [0.15, 0.2) is 0 Å². The Morgan fingerprint density at radius 2 is 1.68 bits per heavy atom. The topological polar surface area (TPSA) is 96.4 Å². The van der Waals surface area contributed by atoms with E-state index in [0.717, 1.165) is 29.7 Å². The summed E-state index contributed by atoms with van der Waals surface area (Å²) in [6.07, 6.45) is 3.14. The van der Waals surface area contributed by atoms with Gasteiger partial charge in [-0.15, -0.1) is 0 Å². The highest BCUT2D eigenvalue weighted by atomic mass is 16.6. The normalized spacial score (nSPS) is 17.2. The number of hydrogen-bond acceptors (Lipinski definition) is 9. The fourth-order valence-electron chi connectivity index (χ4n) is 4.33. The van der Waals surface area contributed by atoms with E-state index >= 15 is 0 Å². The Bertz CT molecular complexity index is 1250. The average molecular weight is 518 g/mol. The van der Waals surface area contributed by atoms with Crippen molar-refractivity contribution in [3.05, 3.63) is 71.9 Å². The van der Waals surface area contributed by atoms with Crippen LogP contribution in [0.25, 0.3) is 0 Å². The molecular formula is C28H31BN2O7. The van der Waals surface area contributed by atoms with Crippen molar-refractivity contribution in [3.8, 4) is 23.1 Å². The first-order valence-corrected chi connectivity index (χ1v) is 12.6. The van der Waals surface area contributed by atoms with Crippen LogP contribution in [-0.4, -0.2) is 56.2 Å². The number of carbonyl (C=O) groups is 2. The summed E-state index contributed by atoms with van der Waals surface area (Å²) in [4.78, 5) is 29.7. The van der Waals surface area contributed by atoms with Crippen LogP contribution in [0.2, 0.25) is 0 Å². The van der Waals surface area contributed by atoms with Crippen LogP contribution in [0.5, 0.6) is 23.1 Å². The summed E-state index contributed by atoms with van der Waals surface area (Å²) in [5, 5.41) is 0. The van der Waals surface area contributed by atoms with Crippen LogP contribution < -0.4 is 19.7 Å². The molecule has 198 valence electrons. The number of methoxy groups -OCH3 is 1. The van der Waals surface area contributed by atoms with Gasteiger partial charge in [-0.25, -0.2) is 4.98 Å². The van der Waals surface area contributed by atoms with Crippen LogP contribution in [0.15, 0.2) is 60.8 Å². The van der Waals surface area contributed by atoms with E-state index in [1.54, 1.807) is 61.7 Å². The summed E-state index contributed by atoms with van der Waals surface area (Å²) in [5.74, 6) is 1.66. The Hall–Kier alpha value is -4.05. The van der Waals surface area contributed by atoms with Crippen molar-refractivity contribution in [2.24, 2.45) is 0 Å². The van der Waals surface area contributed by atoms with E-state index in [4.69, 9.17) is 23.5 Å². The van der Waals surface area contributed by atoms with Crippen molar-refractivity contribution in [1.82, 2.24) is 9.88 Å². The predicted octanol–water partition coefficient (Wildman–Crippen LogP) is 3.70. The third kappa shape index (κ3) is 6.44. The van der Waals surface area contributed by atoms with Crippen molar-refractivity contribution >= 4 is 24.5 Å². The summed E-state index contributed by atoms with van der Waals surface area (Å²) < 4.78 is 28.2. The van der Waals surface area contributed by atoms with Crippen molar-refractivity contribution in [1.29, 1.82) is 0 Å². The van der Waals surface area contributed by atoms with E-state index in [1.807, 2.05) is 32.0 Å². The van der Waals surface area contributed by atoms with Gasteiger partial charge in [0.25, 0.3) is 0 Å². The lowest BCUT2D eigenvalue weighted by molar-refractivity contribution is -0.145. The molecule has 0 bridgehead atoms. The van der Waals surface area contributed by atoms with E-state index in [2.05, 4.69) is 4.98 Å². The second-order valence-corrected chi connectivity index (χ2v) is 8.66. The third-order valence-corrected chi connectivity index (χ3v) is 6.02. The van der Waals surface area contributed by atoms with Gasteiger partial charge in [0.2, 0.25) is 5.88 Å². The number of carbonyl (C=O) groups excluding carboxylic acids is 2. The first-order valence-electron chi connectivity index (χ1n) is 12.6. The summed E-state index contributed by atoms with van der Waals surface area (Å²) in [7, 11) is 2.14. The Morgan fingerprint density at radius 3 is 2.37 bits per heavy atom. The number of hydrogen-bond donors (Lipinski definition) is 0. The van der Waals surface area contributed by atoms with Crippen LogP contribution >= 0.6 is 0 Å². The molecule has 5 rings (SSSR count). The number of benzene rings is 2. The maximum absolute atomic E-state index is 12.0. The van der Waals surface area contributed by atoms with Crippen molar-refractivity contribution < 1.29 is 33.1 Å². The summed E-state index contributed by atoms with van der Waals surface area (Å²) in [6.45, 7) is 4.04. The van der Waals surface area contributed by atoms with E-state index in [-0.39, 0.29) is 19.2 Å². The zero-order chi connectivity index (χ0) is 27.1. The second kappa shape index (κ2) is 12.5. The maximum Gasteiger partial charge on any atom is 0.636 e. The van der Waals surface area contributed by atoms with E-state index in [0.29, 0.717) is 22.8 Å². The number of nitrogens with zero attached hydrogens (tertiary/aromatic N) is 2. The Morgan fingerprint density at radius 1 is 0.974 bits per heavy atom. The first-order chi connectivity index (χ1) is 18.5.